The molecular weight excluding hydrogens is 253 g/mol. The number of fused-ring (bicyclic) bond motifs is 1. The van der Waals surface area contributed by atoms with Crippen molar-refractivity contribution in [2.24, 2.45) is 0 Å². The number of halogens is 1. The van der Waals surface area contributed by atoms with Crippen LogP contribution in [-0.4, -0.2) is 4.98 Å². The lowest BCUT2D eigenvalue weighted by molar-refractivity contribution is 0.634. The van der Waals surface area contributed by atoms with E-state index in [1.807, 2.05) is 37.3 Å². The molecule has 0 amide bonds. The van der Waals surface area contributed by atoms with Crippen LogP contribution in [-0.2, 0) is 0 Å². The summed E-state index contributed by atoms with van der Waals surface area (Å²) in [7, 11) is 0. The Morgan fingerprint density at radius 2 is 1.90 bits per heavy atom. The van der Waals surface area contributed by atoms with E-state index in [9.17, 15) is 4.39 Å². The average molecular weight is 267 g/mol. The number of hydrogen-bond donors (Lipinski definition) is 2. The largest absolute Gasteiger partial charge is 0.398 e. The smallest absolute Gasteiger partial charge is 0.150 e. The molecule has 1 aromatic heterocycles. The summed E-state index contributed by atoms with van der Waals surface area (Å²) in [6.45, 7) is 2.00. The number of benzene rings is 2. The van der Waals surface area contributed by atoms with E-state index in [0.717, 1.165) is 16.6 Å². The molecule has 3 N–H and O–H groups in total. The molecule has 3 aromatic rings. The van der Waals surface area contributed by atoms with E-state index in [2.05, 4.69) is 10.3 Å². The molecular formula is C16H14FN3. The lowest BCUT2D eigenvalue weighted by Gasteiger charge is -2.12. The fourth-order valence-electron chi connectivity index (χ4n) is 2.14. The van der Waals surface area contributed by atoms with E-state index in [4.69, 9.17) is 5.73 Å². The highest BCUT2D eigenvalue weighted by Gasteiger charge is 2.11. The molecule has 20 heavy (non-hydrogen) atoms. The topological polar surface area (TPSA) is 50.9 Å². The predicted molar refractivity (Wildman–Crippen MR) is 80.6 cm³/mol. The van der Waals surface area contributed by atoms with Gasteiger partial charge in [0.25, 0.3) is 0 Å². The zero-order valence-corrected chi connectivity index (χ0v) is 11.0. The van der Waals surface area contributed by atoms with Crippen LogP contribution in [0.1, 0.15) is 5.56 Å². The number of nitrogens with one attached hydrogen (secondary N) is 1. The van der Waals surface area contributed by atoms with Crippen molar-refractivity contribution in [3.05, 3.63) is 60.0 Å². The lowest BCUT2D eigenvalue weighted by atomic mass is 10.1. The Balaban J connectivity index is 2.13. The minimum Gasteiger partial charge on any atom is -0.398 e. The Morgan fingerprint density at radius 1 is 1.15 bits per heavy atom. The number of anilines is 3. The molecule has 100 valence electrons. The number of nitrogen functional groups attached to an aromatic ring is 1. The van der Waals surface area contributed by atoms with Gasteiger partial charge in [-0.25, -0.2) is 4.39 Å². The van der Waals surface area contributed by atoms with E-state index in [-0.39, 0.29) is 0 Å². The molecule has 4 heteroatoms. The maximum Gasteiger partial charge on any atom is 0.150 e. The number of hydrogen-bond acceptors (Lipinski definition) is 3. The van der Waals surface area contributed by atoms with Crippen molar-refractivity contribution in [3.63, 3.8) is 0 Å². The molecule has 0 fully saturated rings. The van der Waals surface area contributed by atoms with Crippen molar-refractivity contribution in [1.29, 1.82) is 0 Å². The Kier molecular flexibility index (Phi) is 2.99. The molecule has 0 aliphatic carbocycles. The standard InChI is InChI=1S/C16H14FN3/c1-10-4-6-11(7-5-10)20-16-13(17)9-14(18)12-3-2-8-19-15(12)16/h2-9,20H,18H2,1H3. The molecule has 0 radical (unpaired) electrons. The SMILES string of the molecule is Cc1ccc(Nc2c(F)cc(N)c3cccnc23)cc1. The monoisotopic (exact) mass is 267 g/mol. The molecule has 0 aliphatic heterocycles. The molecule has 0 saturated carbocycles. The number of nitrogens with zero attached hydrogens (tertiary/aromatic N) is 1. The van der Waals surface area contributed by atoms with Gasteiger partial charge in [0.1, 0.15) is 5.69 Å². The number of nitrogens with two attached hydrogens (primary N) is 1. The van der Waals surface area contributed by atoms with Gasteiger partial charge in [0.15, 0.2) is 5.82 Å². The van der Waals surface area contributed by atoms with Crippen LogP contribution in [0.3, 0.4) is 0 Å². The highest BCUT2D eigenvalue weighted by Crippen LogP contribution is 2.31. The Bertz CT molecular complexity index is 767. The summed E-state index contributed by atoms with van der Waals surface area (Å²) in [5, 5.41) is 3.82. The molecule has 2 aromatic carbocycles. The third-order valence-corrected chi connectivity index (χ3v) is 3.20. The first-order chi connectivity index (χ1) is 9.65. The summed E-state index contributed by atoms with van der Waals surface area (Å²) < 4.78 is 14.2. The molecule has 0 spiro atoms. The van der Waals surface area contributed by atoms with Crippen molar-refractivity contribution >= 4 is 28.0 Å². The molecule has 3 rings (SSSR count). The minimum atomic E-state index is -0.408. The van der Waals surface area contributed by atoms with Crippen LogP contribution < -0.4 is 11.1 Å². The maximum absolute atomic E-state index is 14.2. The van der Waals surface area contributed by atoms with Crippen LogP contribution in [0.4, 0.5) is 21.5 Å². The third-order valence-electron chi connectivity index (χ3n) is 3.20. The highest BCUT2D eigenvalue weighted by atomic mass is 19.1. The zero-order chi connectivity index (χ0) is 14.1. The summed E-state index contributed by atoms with van der Waals surface area (Å²) in [6, 6.07) is 12.7. The first-order valence-electron chi connectivity index (χ1n) is 6.31. The number of aryl methyl sites for hydroxylation is 1. The van der Waals surface area contributed by atoms with Gasteiger partial charge in [-0.1, -0.05) is 17.7 Å². The maximum atomic E-state index is 14.2. The second kappa shape index (κ2) is 4.81. The van der Waals surface area contributed by atoms with E-state index in [1.54, 1.807) is 12.3 Å². The first-order valence-corrected chi connectivity index (χ1v) is 6.31. The third kappa shape index (κ3) is 2.16. The lowest BCUT2D eigenvalue weighted by Crippen LogP contribution is -1.99. The van der Waals surface area contributed by atoms with Gasteiger partial charge in [0.05, 0.1) is 5.52 Å². The second-order valence-corrected chi connectivity index (χ2v) is 4.71. The van der Waals surface area contributed by atoms with Crippen LogP contribution >= 0.6 is 0 Å². The summed E-state index contributed by atoms with van der Waals surface area (Å²) in [5.74, 6) is -0.408. The predicted octanol–water partition coefficient (Wildman–Crippen LogP) is 4.01. The van der Waals surface area contributed by atoms with Gasteiger partial charge in [0, 0.05) is 23.0 Å². The Labute approximate surface area is 116 Å². The quantitative estimate of drug-likeness (QED) is 0.690. The Hall–Kier alpha value is -2.62. The normalized spacial score (nSPS) is 10.7. The molecule has 3 nitrogen and oxygen atoms in total. The molecule has 0 bridgehead atoms. The fraction of sp³-hybridized carbons (Fsp3) is 0.0625. The minimum absolute atomic E-state index is 0.346. The van der Waals surface area contributed by atoms with Crippen LogP contribution in [0.5, 0.6) is 0 Å². The summed E-state index contributed by atoms with van der Waals surface area (Å²) in [5.41, 5.74) is 9.06. The van der Waals surface area contributed by atoms with Crippen molar-refractivity contribution in [1.82, 2.24) is 4.98 Å². The van der Waals surface area contributed by atoms with Crippen LogP contribution in [0, 0.1) is 12.7 Å². The van der Waals surface area contributed by atoms with E-state index < -0.39 is 5.82 Å². The Morgan fingerprint density at radius 3 is 2.65 bits per heavy atom. The van der Waals surface area contributed by atoms with Gasteiger partial charge in [-0.2, -0.15) is 0 Å². The van der Waals surface area contributed by atoms with Crippen molar-refractivity contribution < 1.29 is 4.39 Å². The molecule has 0 aliphatic rings. The van der Waals surface area contributed by atoms with Crippen molar-refractivity contribution in [2.75, 3.05) is 11.1 Å². The number of aromatic nitrogens is 1. The molecule has 0 unspecified atom stereocenters. The van der Waals surface area contributed by atoms with E-state index in [1.165, 1.54) is 6.07 Å². The molecule has 0 atom stereocenters. The van der Waals surface area contributed by atoms with Crippen molar-refractivity contribution in [3.8, 4) is 0 Å². The van der Waals surface area contributed by atoms with Gasteiger partial charge in [-0.3, -0.25) is 4.98 Å². The van der Waals surface area contributed by atoms with E-state index in [0.29, 0.717) is 16.9 Å². The number of pyridine rings is 1. The van der Waals surface area contributed by atoms with Gasteiger partial charge in [-0.05, 0) is 37.3 Å². The highest BCUT2D eigenvalue weighted by molar-refractivity contribution is 5.99. The van der Waals surface area contributed by atoms with Crippen molar-refractivity contribution in [2.45, 2.75) is 6.92 Å². The van der Waals surface area contributed by atoms with Crippen LogP contribution in [0.2, 0.25) is 0 Å². The fourth-order valence-corrected chi connectivity index (χ4v) is 2.14. The van der Waals surface area contributed by atoms with Crippen LogP contribution in [0.25, 0.3) is 10.9 Å². The number of rotatable bonds is 2. The summed E-state index contributed by atoms with van der Waals surface area (Å²) in [4.78, 5) is 4.23. The molecule has 0 saturated heterocycles. The van der Waals surface area contributed by atoms with E-state index >= 15 is 0 Å². The molecule has 1 heterocycles. The van der Waals surface area contributed by atoms with Gasteiger partial charge in [-0.15, -0.1) is 0 Å². The van der Waals surface area contributed by atoms with Gasteiger partial charge < -0.3 is 11.1 Å². The van der Waals surface area contributed by atoms with Gasteiger partial charge >= 0.3 is 0 Å². The average Bonchev–Trinajstić information content (AvgIpc) is 2.45. The second-order valence-electron chi connectivity index (χ2n) is 4.71. The summed E-state index contributed by atoms with van der Waals surface area (Å²) >= 11 is 0. The first kappa shape index (κ1) is 12.4. The summed E-state index contributed by atoms with van der Waals surface area (Å²) in [6.07, 6.45) is 1.63. The van der Waals surface area contributed by atoms with Gasteiger partial charge in [0.2, 0.25) is 0 Å². The van der Waals surface area contributed by atoms with Crippen LogP contribution in [0.15, 0.2) is 48.7 Å². The zero-order valence-electron chi connectivity index (χ0n) is 11.0.